The topological polar surface area (TPSA) is 52.5 Å². The molecule has 0 spiro atoms. The van der Waals surface area contributed by atoms with Crippen LogP contribution in [0.3, 0.4) is 0 Å². The molecule has 0 aliphatic heterocycles. The molecule has 0 radical (unpaired) electrons. The monoisotopic (exact) mass is 333 g/mol. The van der Waals surface area contributed by atoms with E-state index in [4.69, 9.17) is 0 Å². The number of thioether (sulfide) groups is 1. The number of hydrogen-bond donors (Lipinski definition) is 3. The van der Waals surface area contributed by atoms with Crippen molar-refractivity contribution in [3.8, 4) is 0 Å². The summed E-state index contributed by atoms with van der Waals surface area (Å²) in [6, 6.07) is 7.81. The van der Waals surface area contributed by atoms with E-state index in [0.29, 0.717) is 6.54 Å². The van der Waals surface area contributed by atoms with E-state index in [2.05, 4.69) is 21.2 Å². The molecule has 3 N–H and O–H groups in total. The van der Waals surface area contributed by atoms with Crippen molar-refractivity contribution in [1.29, 1.82) is 0 Å². The first-order chi connectivity index (χ1) is 8.58. The maximum absolute atomic E-state index is 10.1. The average molecular weight is 334 g/mol. The molecule has 3 nitrogen and oxygen atoms in total. The molecule has 0 aliphatic rings. The summed E-state index contributed by atoms with van der Waals surface area (Å²) in [7, 11) is 0. The fraction of sp³-hybridized carbons (Fsp3) is 0.538. The van der Waals surface area contributed by atoms with E-state index in [-0.39, 0.29) is 17.9 Å². The lowest BCUT2D eigenvalue weighted by atomic mass is 10.1. The molecule has 18 heavy (non-hydrogen) atoms. The van der Waals surface area contributed by atoms with E-state index >= 15 is 0 Å². The largest absolute Gasteiger partial charge is 0.395 e. The highest BCUT2D eigenvalue weighted by Gasteiger charge is 2.16. The zero-order valence-electron chi connectivity index (χ0n) is 10.6. The van der Waals surface area contributed by atoms with Gasteiger partial charge in [0.05, 0.1) is 12.7 Å². The Kier molecular flexibility index (Phi) is 7.26. The van der Waals surface area contributed by atoms with Crippen molar-refractivity contribution in [3.63, 3.8) is 0 Å². The van der Waals surface area contributed by atoms with Crippen LogP contribution >= 0.6 is 27.7 Å². The molecule has 0 bridgehead atoms. The maximum Gasteiger partial charge on any atom is 0.0914 e. The van der Waals surface area contributed by atoms with Gasteiger partial charge >= 0.3 is 0 Å². The van der Waals surface area contributed by atoms with Gasteiger partial charge in [-0.15, -0.1) is 0 Å². The maximum atomic E-state index is 10.1. The van der Waals surface area contributed by atoms with Crippen molar-refractivity contribution in [2.75, 3.05) is 19.4 Å². The molecule has 5 heteroatoms. The molecule has 1 aromatic rings. The van der Waals surface area contributed by atoms with Gasteiger partial charge in [0.2, 0.25) is 0 Å². The van der Waals surface area contributed by atoms with E-state index in [1.54, 1.807) is 11.8 Å². The number of nitrogens with one attached hydrogen (secondary N) is 1. The third-order valence-corrected chi connectivity index (χ3v) is 4.56. The zero-order chi connectivity index (χ0) is 13.5. The first-order valence-electron chi connectivity index (χ1n) is 5.89. The summed E-state index contributed by atoms with van der Waals surface area (Å²) in [6.45, 7) is 2.64. The van der Waals surface area contributed by atoms with Gasteiger partial charge in [-0.1, -0.05) is 28.1 Å². The van der Waals surface area contributed by atoms with Gasteiger partial charge in [-0.2, -0.15) is 11.8 Å². The standard InChI is InChI=1S/C13H20BrNO2S/c1-9(13(8-16)18-2)15-7-12(17)10-4-3-5-11(14)6-10/h3-6,9,12-13,15-17H,7-8H2,1-2H3. The van der Waals surface area contributed by atoms with Gasteiger partial charge in [-0.25, -0.2) is 0 Å². The summed E-state index contributed by atoms with van der Waals surface area (Å²) in [4.78, 5) is 0. The Bertz CT molecular complexity index is 361. The minimum absolute atomic E-state index is 0.141. The summed E-state index contributed by atoms with van der Waals surface area (Å²) in [5, 5.41) is 22.7. The van der Waals surface area contributed by atoms with Crippen molar-refractivity contribution >= 4 is 27.7 Å². The molecule has 0 aliphatic carbocycles. The number of rotatable bonds is 7. The molecule has 0 saturated heterocycles. The first kappa shape index (κ1) is 16.0. The van der Waals surface area contributed by atoms with E-state index < -0.39 is 6.10 Å². The molecule has 3 atom stereocenters. The second-order valence-electron chi connectivity index (χ2n) is 4.22. The van der Waals surface area contributed by atoms with Crippen molar-refractivity contribution in [2.24, 2.45) is 0 Å². The molecule has 1 aromatic carbocycles. The highest BCUT2D eigenvalue weighted by Crippen LogP contribution is 2.18. The van der Waals surface area contributed by atoms with Gasteiger partial charge in [-0.05, 0) is 30.9 Å². The van der Waals surface area contributed by atoms with Crippen molar-refractivity contribution < 1.29 is 10.2 Å². The van der Waals surface area contributed by atoms with Crippen LogP contribution in [0, 0.1) is 0 Å². The number of aliphatic hydroxyl groups excluding tert-OH is 2. The Morgan fingerprint density at radius 2 is 2.17 bits per heavy atom. The van der Waals surface area contributed by atoms with E-state index in [9.17, 15) is 10.2 Å². The molecule has 3 unspecified atom stereocenters. The smallest absolute Gasteiger partial charge is 0.0914 e. The molecule has 0 saturated carbocycles. The minimum atomic E-state index is -0.536. The average Bonchev–Trinajstić information content (AvgIpc) is 2.37. The van der Waals surface area contributed by atoms with Gasteiger partial charge in [0.15, 0.2) is 0 Å². The Balaban J connectivity index is 2.48. The van der Waals surface area contributed by atoms with Crippen LogP contribution in [0.5, 0.6) is 0 Å². The summed E-state index contributed by atoms with van der Waals surface area (Å²) in [6.07, 6.45) is 1.44. The van der Waals surface area contributed by atoms with Crippen molar-refractivity contribution in [2.45, 2.75) is 24.3 Å². The van der Waals surface area contributed by atoms with E-state index in [1.807, 2.05) is 37.4 Å². The van der Waals surface area contributed by atoms with Crippen LogP contribution in [0.2, 0.25) is 0 Å². The van der Waals surface area contributed by atoms with Gasteiger partial charge in [0.1, 0.15) is 0 Å². The Hall–Kier alpha value is -0.0700. The third kappa shape index (κ3) is 4.90. The third-order valence-electron chi connectivity index (χ3n) is 2.91. The Labute approximate surface area is 121 Å². The summed E-state index contributed by atoms with van der Waals surface area (Å²) in [5.41, 5.74) is 0.883. The van der Waals surface area contributed by atoms with Crippen LogP contribution in [0.25, 0.3) is 0 Å². The first-order valence-corrected chi connectivity index (χ1v) is 7.97. The lowest BCUT2D eigenvalue weighted by molar-refractivity contribution is 0.167. The fourth-order valence-corrected chi connectivity index (χ4v) is 2.77. The van der Waals surface area contributed by atoms with Crippen LogP contribution in [-0.4, -0.2) is 40.9 Å². The SMILES string of the molecule is CSC(CO)C(C)NCC(O)c1cccc(Br)c1. The Morgan fingerprint density at radius 3 is 2.72 bits per heavy atom. The molecule has 0 aromatic heterocycles. The lowest BCUT2D eigenvalue weighted by Gasteiger charge is -2.23. The summed E-state index contributed by atoms with van der Waals surface area (Å²) < 4.78 is 0.962. The second kappa shape index (κ2) is 8.17. The minimum Gasteiger partial charge on any atom is -0.395 e. The molecule has 1 rings (SSSR count). The molecule has 0 amide bonds. The van der Waals surface area contributed by atoms with Crippen LogP contribution in [0.15, 0.2) is 28.7 Å². The molecule has 0 heterocycles. The van der Waals surface area contributed by atoms with Gasteiger partial charge in [0, 0.05) is 22.3 Å². The molecule has 102 valence electrons. The molecule has 0 fully saturated rings. The predicted molar refractivity (Wildman–Crippen MR) is 81.0 cm³/mol. The van der Waals surface area contributed by atoms with E-state index in [1.165, 1.54) is 0 Å². The van der Waals surface area contributed by atoms with Gasteiger partial charge in [0.25, 0.3) is 0 Å². The van der Waals surface area contributed by atoms with Crippen LogP contribution < -0.4 is 5.32 Å². The number of aliphatic hydroxyl groups is 2. The normalized spacial score (nSPS) is 16.3. The highest BCUT2D eigenvalue weighted by atomic mass is 79.9. The highest BCUT2D eigenvalue weighted by molar-refractivity contribution is 9.10. The number of halogens is 1. The van der Waals surface area contributed by atoms with E-state index in [0.717, 1.165) is 10.0 Å². The van der Waals surface area contributed by atoms with Gasteiger partial charge in [-0.3, -0.25) is 0 Å². The quantitative estimate of drug-likeness (QED) is 0.715. The zero-order valence-corrected chi connectivity index (χ0v) is 13.0. The Morgan fingerprint density at radius 1 is 1.44 bits per heavy atom. The van der Waals surface area contributed by atoms with Crippen LogP contribution in [0.1, 0.15) is 18.6 Å². The van der Waals surface area contributed by atoms with Crippen molar-refractivity contribution in [3.05, 3.63) is 34.3 Å². The predicted octanol–water partition coefficient (Wildman–Crippen LogP) is 2.18. The number of benzene rings is 1. The molecular weight excluding hydrogens is 314 g/mol. The van der Waals surface area contributed by atoms with Crippen LogP contribution in [0.4, 0.5) is 0 Å². The second-order valence-corrected chi connectivity index (χ2v) is 6.22. The summed E-state index contributed by atoms with van der Waals surface area (Å²) in [5.74, 6) is 0. The summed E-state index contributed by atoms with van der Waals surface area (Å²) >= 11 is 5.01. The van der Waals surface area contributed by atoms with Gasteiger partial charge < -0.3 is 15.5 Å². The number of hydrogen-bond acceptors (Lipinski definition) is 4. The fourth-order valence-electron chi connectivity index (χ4n) is 1.70. The lowest BCUT2D eigenvalue weighted by Crippen LogP contribution is -2.39. The molecular formula is C13H20BrNO2S. The van der Waals surface area contributed by atoms with Crippen LogP contribution in [-0.2, 0) is 0 Å². The van der Waals surface area contributed by atoms with Crippen molar-refractivity contribution in [1.82, 2.24) is 5.32 Å².